The van der Waals surface area contributed by atoms with Gasteiger partial charge in [0, 0.05) is 17.7 Å². The number of fused-ring (bicyclic) bond motifs is 1. The zero-order chi connectivity index (χ0) is 21.3. The first-order chi connectivity index (χ1) is 14.4. The monoisotopic (exact) mass is 429 g/mol. The molecule has 1 atom stereocenters. The Kier molecular flexibility index (Phi) is 5.17. The van der Waals surface area contributed by atoms with E-state index in [-0.39, 0.29) is 34.2 Å². The highest BCUT2D eigenvalue weighted by Gasteiger charge is 2.32. The van der Waals surface area contributed by atoms with E-state index in [4.69, 9.17) is 0 Å². The molecule has 0 amide bonds. The van der Waals surface area contributed by atoms with Gasteiger partial charge in [-0.2, -0.15) is 10.2 Å². The van der Waals surface area contributed by atoms with Crippen LogP contribution in [0.4, 0.5) is 14.5 Å². The quantitative estimate of drug-likeness (QED) is 0.664. The highest BCUT2D eigenvalue weighted by molar-refractivity contribution is 7.90. The predicted octanol–water partition coefficient (Wildman–Crippen LogP) is 3.17. The first-order valence-electron chi connectivity index (χ1n) is 9.03. The van der Waals surface area contributed by atoms with Crippen LogP contribution in [0.5, 0.6) is 0 Å². The molecule has 3 aromatic rings. The maximum Gasteiger partial charge on any atom is 0.266 e. The minimum absolute atomic E-state index is 0.0381. The predicted molar refractivity (Wildman–Crippen MR) is 107 cm³/mol. The number of rotatable bonds is 4. The zero-order valence-corrected chi connectivity index (χ0v) is 16.6. The van der Waals surface area contributed by atoms with Gasteiger partial charge in [0.1, 0.15) is 16.5 Å². The molecule has 10 heteroatoms. The molecule has 1 aromatic heterocycles. The maximum atomic E-state index is 14.8. The van der Waals surface area contributed by atoms with E-state index in [0.717, 1.165) is 6.07 Å². The van der Waals surface area contributed by atoms with Gasteiger partial charge in [-0.25, -0.2) is 26.9 Å². The van der Waals surface area contributed by atoms with Crippen molar-refractivity contribution in [2.45, 2.75) is 24.3 Å². The van der Waals surface area contributed by atoms with E-state index in [9.17, 15) is 17.2 Å². The van der Waals surface area contributed by atoms with Crippen molar-refractivity contribution in [3.05, 3.63) is 83.2 Å². The average molecular weight is 429 g/mol. The number of hydrogen-bond acceptors (Lipinski definition) is 5. The molecule has 30 heavy (non-hydrogen) atoms. The lowest BCUT2D eigenvalue weighted by Gasteiger charge is -2.26. The Labute approximate surface area is 171 Å². The number of nitrogens with one attached hydrogen (secondary N) is 2. The number of hydrogen-bond donors (Lipinski definition) is 2. The Bertz CT molecular complexity index is 1230. The zero-order valence-electron chi connectivity index (χ0n) is 15.8. The number of aromatic nitrogens is 2. The van der Waals surface area contributed by atoms with E-state index in [1.54, 1.807) is 25.1 Å². The number of guanidine groups is 1. The van der Waals surface area contributed by atoms with Gasteiger partial charge in [0.2, 0.25) is 5.96 Å². The molecule has 0 saturated heterocycles. The molecule has 0 bridgehead atoms. The second kappa shape index (κ2) is 7.79. The summed E-state index contributed by atoms with van der Waals surface area (Å²) in [7, 11) is -3.99. The minimum atomic E-state index is -3.99. The molecule has 2 N–H and O–H groups in total. The lowest BCUT2D eigenvalue weighted by atomic mass is 9.91. The third-order valence-electron chi connectivity index (χ3n) is 4.79. The highest BCUT2D eigenvalue weighted by Crippen LogP contribution is 2.38. The van der Waals surface area contributed by atoms with E-state index in [1.807, 2.05) is 0 Å². The molecule has 1 aliphatic rings. The van der Waals surface area contributed by atoms with Crippen LogP contribution in [0, 0.1) is 11.6 Å². The summed E-state index contributed by atoms with van der Waals surface area (Å²) in [6.07, 6.45) is 2.99. The number of aliphatic imine (C=N–C) groups is 1. The fourth-order valence-corrected chi connectivity index (χ4v) is 4.47. The van der Waals surface area contributed by atoms with Crippen molar-refractivity contribution in [3.63, 3.8) is 0 Å². The normalized spacial score (nSPS) is 17.0. The van der Waals surface area contributed by atoms with Crippen LogP contribution in [0.15, 0.2) is 64.7 Å². The third kappa shape index (κ3) is 3.73. The van der Waals surface area contributed by atoms with Crippen molar-refractivity contribution in [2.75, 3.05) is 5.32 Å². The van der Waals surface area contributed by atoms with E-state index >= 15 is 0 Å². The Morgan fingerprint density at radius 3 is 2.60 bits per heavy atom. The van der Waals surface area contributed by atoms with Crippen molar-refractivity contribution in [3.8, 4) is 0 Å². The number of nitrogens with zero attached hydrogens (tertiary/aromatic N) is 3. The standard InChI is InChI=1S/C20H17F2N5O2S/c1-12(14-4-2-3-5-15(14)21)18-16(22)6-7-17-19(18)26-20(27-30(17,28)29)23-10-13-8-9-24-25-11-13/h2-9,11-12H,10H2,1H3,(H2,23,26,27)/t12-/m0/s1. The summed E-state index contributed by atoms with van der Waals surface area (Å²) in [6, 6.07) is 9.92. The largest absolute Gasteiger partial charge is 0.324 e. The summed E-state index contributed by atoms with van der Waals surface area (Å²) >= 11 is 0. The van der Waals surface area contributed by atoms with Crippen LogP contribution in [0.3, 0.4) is 0 Å². The Morgan fingerprint density at radius 1 is 1.07 bits per heavy atom. The summed E-state index contributed by atoms with van der Waals surface area (Å²) < 4.78 is 57.0. The van der Waals surface area contributed by atoms with Crippen LogP contribution in [-0.4, -0.2) is 24.6 Å². The van der Waals surface area contributed by atoms with Crippen LogP contribution < -0.4 is 10.0 Å². The summed E-state index contributed by atoms with van der Waals surface area (Å²) in [5.41, 5.74) is 1.05. The number of anilines is 1. The summed E-state index contributed by atoms with van der Waals surface area (Å²) in [6.45, 7) is 1.75. The molecule has 0 spiro atoms. The molecule has 0 unspecified atom stereocenters. The molecular formula is C20H17F2N5O2S. The van der Waals surface area contributed by atoms with Crippen LogP contribution in [0.2, 0.25) is 0 Å². The van der Waals surface area contributed by atoms with Crippen LogP contribution in [0.25, 0.3) is 0 Å². The van der Waals surface area contributed by atoms with Gasteiger partial charge in [0.05, 0.1) is 18.4 Å². The molecule has 7 nitrogen and oxygen atoms in total. The van der Waals surface area contributed by atoms with Crippen molar-refractivity contribution in [1.29, 1.82) is 0 Å². The number of benzene rings is 2. The fraction of sp³-hybridized carbons (Fsp3) is 0.150. The van der Waals surface area contributed by atoms with Crippen molar-refractivity contribution >= 4 is 21.7 Å². The van der Waals surface area contributed by atoms with Crippen molar-refractivity contribution in [2.24, 2.45) is 4.99 Å². The van der Waals surface area contributed by atoms with Gasteiger partial charge in [-0.15, -0.1) is 0 Å². The molecule has 0 radical (unpaired) electrons. The van der Waals surface area contributed by atoms with E-state index in [1.165, 1.54) is 30.6 Å². The minimum Gasteiger partial charge on any atom is -0.324 e. The van der Waals surface area contributed by atoms with Crippen LogP contribution in [0.1, 0.15) is 29.5 Å². The van der Waals surface area contributed by atoms with Crippen LogP contribution >= 0.6 is 0 Å². The number of halogens is 2. The smallest absolute Gasteiger partial charge is 0.266 e. The van der Waals surface area contributed by atoms with Gasteiger partial charge < -0.3 is 5.32 Å². The van der Waals surface area contributed by atoms with Crippen LogP contribution in [-0.2, 0) is 16.6 Å². The average Bonchev–Trinajstić information content (AvgIpc) is 2.72. The second-order valence-electron chi connectivity index (χ2n) is 6.72. The van der Waals surface area contributed by atoms with Gasteiger partial charge in [0.25, 0.3) is 10.0 Å². The van der Waals surface area contributed by atoms with Crippen molar-refractivity contribution in [1.82, 2.24) is 14.9 Å². The van der Waals surface area contributed by atoms with E-state index in [0.29, 0.717) is 5.56 Å². The van der Waals surface area contributed by atoms with E-state index in [2.05, 4.69) is 25.2 Å². The highest BCUT2D eigenvalue weighted by atomic mass is 32.2. The number of sulfonamides is 1. The van der Waals surface area contributed by atoms with Gasteiger partial charge in [-0.05, 0) is 35.4 Å². The topological polar surface area (TPSA) is 96.3 Å². The molecule has 1 aliphatic heterocycles. The molecule has 0 saturated carbocycles. The Balaban J connectivity index is 1.79. The van der Waals surface area contributed by atoms with Gasteiger partial charge in [-0.1, -0.05) is 25.1 Å². The summed E-state index contributed by atoms with van der Waals surface area (Å²) in [5.74, 6) is -1.95. The second-order valence-corrected chi connectivity index (χ2v) is 8.37. The lowest BCUT2D eigenvalue weighted by Crippen LogP contribution is -2.41. The fourth-order valence-electron chi connectivity index (χ4n) is 3.31. The first-order valence-corrected chi connectivity index (χ1v) is 10.5. The van der Waals surface area contributed by atoms with E-state index < -0.39 is 27.6 Å². The van der Waals surface area contributed by atoms with Gasteiger partial charge in [0.15, 0.2) is 0 Å². The molecule has 0 fully saturated rings. The van der Waals surface area contributed by atoms with Gasteiger partial charge >= 0.3 is 0 Å². The lowest BCUT2D eigenvalue weighted by molar-refractivity contribution is 0.577. The Hall–Kier alpha value is -3.40. The molecule has 154 valence electrons. The SMILES string of the molecule is C[C@@H](c1ccccc1F)c1c(F)ccc2c1NC(=NCc1ccnnc1)NS2(=O)=O. The maximum absolute atomic E-state index is 14.8. The first kappa shape index (κ1) is 19.9. The molecule has 4 rings (SSSR count). The van der Waals surface area contributed by atoms with Crippen molar-refractivity contribution < 1.29 is 17.2 Å². The molecule has 2 heterocycles. The molecular weight excluding hydrogens is 412 g/mol. The summed E-state index contributed by atoms with van der Waals surface area (Å²) in [4.78, 5) is 4.09. The molecule has 2 aromatic carbocycles. The Morgan fingerprint density at radius 2 is 1.87 bits per heavy atom. The third-order valence-corrected chi connectivity index (χ3v) is 6.17. The molecule has 0 aliphatic carbocycles. The summed E-state index contributed by atoms with van der Waals surface area (Å²) in [5, 5.41) is 10.3. The van der Waals surface area contributed by atoms with Gasteiger partial charge in [-0.3, -0.25) is 0 Å².